The maximum atomic E-state index is 11.8. The zero-order chi connectivity index (χ0) is 12.0. The molecule has 1 aliphatic heterocycles. The molecule has 1 aromatic rings. The van der Waals surface area contributed by atoms with Crippen molar-refractivity contribution in [2.45, 2.75) is 19.9 Å². The Balaban J connectivity index is 2.64. The van der Waals surface area contributed by atoms with Gasteiger partial charge < -0.3 is 10.2 Å². The van der Waals surface area contributed by atoms with E-state index >= 15 is 0 Å². The Kier molecular flexibility index (Phi) is 2.11. The predicted molar refractivity (Wildman–Crippen MR) is 55.4 cm³/mol. The van der Waals surface area contributed by atoms with Gasteiger partial charge in [0.25, 0.3) is 11.8 Å². The summed E-state index contributed by atoms with van der Waals surface area (Å²) >= 11 is 0. The lowest BCUT2D eigenvalue weighted by molar-refractivity contribution is 0.0608. The Hall–Kier alpha value is -2.04. The smallest absolute Gasteiger partial charge is 0.265 e. The molecule has 0 atom stereocenters. The zero-order valence-corrected chi connectivity index (χ0v) is 8.89. The first-order chi connectivity index (χ1) is 7.43. The van der Waals surface area contributed by atoms with Crippen LogP contribution in [0, 0.1) is 0 Å². The lowest BCUT2D eigenvalue weighted by Crippen LogP contribution is -2.35. The third kappa shape index (κ3) is 1.25. The van der Waals surface area contributed by atoms with E-state index in [1.165, 1.54) is 6.07 Å². The normalized spacial score (nSPS) is 14.8. The van der Waals surface area contributed by atoms with Crippen molar-refractivity contribution in [3.63, 3.8) is 0 Å². The van der Waals surface area contributed by atoms with Crippen LogP contribution in [0.5, 0.6) is 11.5 Å². The number of imide groups is 1. The molecule has 16 heavy (non-hydrogen) atoms. The number of carbonyl (C=O) groups excluding carboxylic acids is 2. The lowest BCUT2D eigenvalue weighted by atomic mass is 10.1. The van der Waals surface area contributed by atoms with Crippen molar-refractivity contribution >= 4 is 11.8 Å². The number of phenols is 2. The fourth-order valence-electron chi connectivity index (χ4n) is 1.82. The Morgan fingerprint density at radius 3 is 2.31 bits per heavy atom. The summed E-state index contributed by atoms with van der Waals surface area (Å²) in [4.78, 5) is 24.7. The van der Waals surface area contributed by atoms with Crippen LogP contribution in [0.4, 0.5) is 0 Å². The minimum absolute atomic E-state index is 0.0310. The standard InChI is InChI=1S/C11H11NO4/c1-5(2)12-10(15)7-3-6(13)4-8(14)9(7)11(12)16/h3-5,13-14H,1-2H3. The summed E-state index contributed by atoms with van der Waals surface area (Å²) in [5.41, 5.74) is 0.0210. The minimum atomic E-state index is -0.521. The molecule has 1 heterocycles. The van der Waals surface area contributed by atoms with E-state index in [-0.39, 0.29) is 28.7 Å². The highest BCUT2D eigenvalue weighted by molar-refractivity contribution is 6.22. The molecule has 2 amide bonds. The van der Waals surface area contributed by atoms with Crippen LogP contribution >= 0.6 is 0 Å². The highest BCUT2D eigenvalue weighted by Gasteiger charge is 2.39. The van der Waals surface area contributed by atoms with E-state index in [4.69, 9.17) is 0 Å². The Bertz CT molecular complexity index is 493. The van der Waals surface area contributed by atoms with Gasteiger partial charge in [-0.15, -0.1) is 0 Å². The average Bonchev–Trinajstić information content (AvgIpc) is 2.38. The summed E-state index contributed by atoms with van der Waals surface area (Å²) in [6.07, 6.45) is 0. The number of phenolic OH excluding ortho intramolecular Hbond substituents is 2. The summed E-state index contributed by atoms with van der Waals surface area (Å²) in [5.74, 6) is -1.60. The van der Waals surface area contributed by atoms with Gasteiger partial charge in [-0.1, -0.05) is 0 Å². The molecule has 2 rings (SSSR count). The second-order valence-electron chi connectivity index (χ2n) is 3.96. The molecule has 0 unspecified atom stereocenters. The first-order valence-electron chi connectivity index (χ1n) is 4.87. The number of carbonyl (C=O) groups is 2. The second-order valence-corrected chi connectivity index (χ2v) is 3.96. The average molecular weight is 221 g/mol. The third-order valence-electron chi connectivity index (χ3n) is 2.50. The number of hydrogen-bond donors (Lipinski definition) is 2. The topological polar surface area (TPSA) is 77.8 Å². The Morgan fingerprint density at radius 2 is 1.75 bits per heavy atom. The quantitative estimate of drug-likeness (QED) is 0.696. The van der Waals surface area contributed by atoms with Crippen LogP contribution in [0.15, 0.2) is 12.1 Å². The number of benzene rings is 1. The molecule has 0 radical (unpaired) electrons. The van der Waals surface area contributed by atoms with Crippen LogP contribution in [0.25, 0.3) is 0 Å². The van der Waals surface area contributed by atoms with Crippen molar-refractivity contribution in [2.75, 3.05) is 0 Å². The molecule has 1 aliphatic rings. The zero-order valence-electron chi connectivity index (χ0n) is 8.89. The first-order valence-corrected chi connectivity index (χ1v) is 4.87. The number of fused-ring (bicyclic) bond motifs is 1. The Morgan fingerprint density at radius 1 is 1.12 bits per heavy atom. The fourth-order valence-corrected chi connectivity index (χ4v) is 1.82. The van der Waals surface area contributed by atoms with E-state index < -0.39 is 11.8 Å². The van der Waals surface area contributed by atoms with E-state index in [1.807, 2.05) is 0 Å². The molecule has 84 valence electrons. The highest BCUT2D eigenvalue weighted by Crippen LogP contribution is 2.34. The molecule has 0 aromatic heterocycles. The molecule has 2 N–H and O–H groups in total. The number of rotatable bonds is 1. The lowest BCUT2D eigenvalue weighted by Gasteiger charge is -2.17. The molecule has 0 saturated heterocycles. The Labute approximate surface area is 91.9 Å². The van der Waals surface area contributed by atoms with Gasteiger partial charge in [-0.25, -0.2) is 0 Å². The van der Waals surface area contributed by atoms with Crippen molar-refractivity contribution in [1.29, 1.82) is 0 Å². The van der Waals surface area contributed by atoms with Gasteiger partial charge in [0.1, 0.15) is 11.5 Å². The van der Waals surface area contributed by atoms with Crippen molar-refractivity contribution in [3.8, 4) is 11.5 Å². The molecule has 0 aliphatic carbocycles. The van der Waals surface area contributed by atoms with E-state index in [0.29, 0.717) is 0 Å². The van der Waals surface area contributed by atoms with Crippen LogP contribution in [0.3, 0.4) is 0 Å². The summed E-state index contributed by atoms with van der Waals surface area (Å²) < 4.78 is 0. The SMILES string of the molecule is CC(C)N1C(=O)c2cc(O)cc(O)c2C1=O. The molecular formula is C11H11NO4. The van der Waals surface area contributed by atoms with E-state index in [0.717, 1.165) is 11.0 Å². The summed E-state index contributed by atoms with van der Waals surface area (Å²) in [6, 6.07) is 1.96. The van der Waals surface area contributed by atoms with Gasteiger partial charge in [-0.3, -0.25) is 14.5 Å². The van der Waals surface area contributed by atoms with Crippen molar-refractivity contribution in [2.24, 2.45) is 0 Å². The number of amides is 2. The molecule has 0 bridgehead atoms. The second kappa shape index (κ2) is 3.23. The first kappa shape index (κ1) is 10.5. The van der Waals surface area contributed by atoms with Gasteiger partial charge in [0.05, 0.1) is 11.1 Å². The predicted octanol–water partition coefficient (Wildman–Crippen LogP) is 1.10. The van der Waals surface area contributed by atoms with Gasteiger partial charge in [0.2, 0.25) is 0 Å². The van der Waals surface area contributed by atoms with Gasteiger partial charge in [-0.05, 0) is 19.9 Å². The third-order valence-corrected chi connectivity index (χ3v) is 2.50. The fraction of sp³-hybridized carbons (Fsp3) is 0.273. The van der Waals surface area contributed by atoms with E-state index in [2.05, 4.69) is 0 Å². The van der Waals surface area contributed by atoms with Gasteiger partial charge in [-0.2, -0.15) is 0 Å². The van der Waals surface area contributed by atoms with Crippen LogP contribution in [0.1, 0.15) is 34.6 Å². The maximum Gasteiger partial charge on any atom is 0.265 e. The number of hydrogen-bond acceptors (Lipinski definition) is 4. The highest BCUT2D eigenvalue weighted by atomic mass is 16.3. The van der Waals surface area contributed by atoms with Gasteiger partial charge >= 0.3 is 0 Å². The summed E-state index contributed by atoms with van der Waals surface area (Å²) in [7, 11) is 0. The molecule has 5 heteroatoms. The summed E-state index contributed by atoms with van der Waals surface area (Å²) in [6.45, 7) is 3.41. The molecule has 0 fully saturated rings. The van der Waals surface area contributed by atoms with E-state index in [9.17, 15) is 19.8 Å². The molecule has 0 saturated carbocycles. The van der Waals surface area contributed by atoms with Crippen LogP contribution in [-0.2, 0) is 0 Å². The summed E-state index contributed by atoms with van der Waals surface area (Å²) in [5, 5.41) is 18.8. The molecular weight excluding hydrogens is 210 g/mol. The van der Waals surface area contributed by atoms with Crippen LogP contribution in [-0.4, -0.2) is 33.0 Å². The maximum absolute atomic E-state index is 11.8. The largest absolute Gasteiger partial charge is 0.508 e. The monoisotopic (exact) mass is 221 g/mol. The molecule has 0 spiro atoms. The van der Waals surface area contributed by atoms with Gasteiger partial charge in [0, 0.05) is 12.1 Å². The minimum Gasteiger partial charge on any atom is -0.508 e. The molecule has 5 nitrogen and oxygen atoms in total. The van der Waals surface area contributed by atoms with E-state index in [1.54, 1.807) is 13.8 Å². The van der Waals surface area contributed by atoms with Crippen molar-refractivity contribution < 1.29 is 19.8 Å². The number of nitrogens with zero attached hydrogens (tertiary/aromatic N) is 1. The van der Waals surface area contributed by atoms with Crippen LogP contribution in [0.2, 0.25) is 0 Å². The van der Waals surface area contributed by atoms with Gasteiger partial charge in [0.15, 0.2) is 0 Å². The molecule has 1 aromatic carbocycles. The van der Waals surface area contributed by atoms with Crippen LogP contribution < -0.4 is 0 Å². The van der Waals surface area contributed by atoms with Crippen molar-refractivity contribution in [3.05, 3.63) is 23.3 Å². The number of aromatic hydroxyl groups is 2. The van der Waals surface area contributed by atoms with Crippen molar-refractivity contribution in [1.82, 2.24) is 4.90 Å².